The number of hydrogen-bond donors (Lipinski definition) is 0. The number of hydroxylamine groups is 2. The number of hydrogen-bond acceptors (Lipinski definition) is 3. The van der Waals surface area contributed by atoms with Crippen LogP contribution >= 0.6 is 15.9 Å². The number of halogens is 2. The van der Waals surface area contributed by atoms with Crippen molar-refractivity contribution in [1.82, 2.24) is 5.06 Å². The van der Waals surface area contributed by atoms with E-state index in [0.717, 1.165) is 31.0 Å². The lowest BCUT2D eigenvalue weighted by Crippen LogP contribution is -2.36. The molecule has 0 bridgehead atoms. The molecule has 128 valence electrons. The number of alkyl halides is 1. The molecule has 1 atom stereocenters. The maximum Gasteiger partial charge on any atom is 0.249 e. The van der Waals surface area contributed by atoms with Crippen LogP contribution in [0.5, 0.6) is 0 Å². The van der Waals surface area contributed by atoms with Crippen molar-refractivity contribution in [1.29, 1.82) is 5.26 Å². The maximum absolute atomic E-state index is 13.7. The van der Waals surface area contributed by atoms with Crippen molar-refractivity contribution < 1.29 is 14.0 Å². The van der Waals surface area contributed by atoms with E-state index in [4.69, 9.17) is 10.1 Å². The number of amides is 1. The van der Waals surface area contributed by atoms with Gasteiger partial charge in [0.1, 0.15) is 5.82 Å². The number of benzene rings is 1. The molecule has 1 heterocycles. The molecule has 1 aliphatic carbocycles. The second kappa shape index (κ2) is 7.62. The van der Waals surface area contributed by atoms with Crippen LogP contribution in [0.3, 0.4) is 0 Å². The van der Waals surface area contributed by atoms with Gasteiger partial charge in [-0.15, -0.1) is 0 Å². The van der Waals surface area contributed by atoms with Gasteiger partial charge >= 0.3 is 0 Å². The van der Waals surface area contributed by atoms with Crippen LogP contribution in [0.25, 0.3) is 0 Å². The van der Waals surface area contributed by atoms with Gasteiger partial charge in [-0.2, -0.15) is 5.26 Å². The lowest BCUT2D eigenvalue weighted by Gasteiger charge is -2.31. The van der Waals surface area contributed by atoms with Gasteiger partial charge in [0.2, 0.25) is 5.91 Å². The summed E-state index contributed by atoms with van der Waals surface area (Å²) in [6, 6.07) is 5.89. The first-order chi connectivity index (χ1) is 11.6. The van der Waals surface area contributed by atoms with Gasteiger partial charge in [0.05, 0.1) is 24.3 Å². The van der Waals surface area contributed by atoms with Crippen LogP contribution in [-0.2, 0) is 9.63 Å². The Labute approximate surface area is 149 Å². The first-order valence-corrected chi connectivity index (χ1v) is 9.47. The molecule has 0 unspecified atom stereocenters. The van der Waals surface area contributed by atoms with Crippen LogP contribution in [-0.4, -0.2) is 22.9 Å². The highest BCUT2D eigenvalue weighted by molar-refractivity contribution is 9.09. The van der Waals surface area contributed by atoms with Gasteiger partial charge in [-0.25, -0.2) is 9.45 Å². The van der Waals surface area contributed by atoms with Gasteiger partial charge < -0.3 is 0 Å². The van der Waals surface area contributed by atoms with E-state index < -0.39 is 5.82 Å². The Balaban J connectivity index is 1.75. The third-order valence-electron chi connectivity index (χ3n) is 4.97. The normalized spacial score (nSPS) is 27.0. The van der Waals surface area contributed by atoms with Crippen molar-refractivity contribution in [2.45, 2.75) is 38.1 Å². The zero-order chi connectivity index (χ0) is 17.1. The molecule has 0 aromatic heterocycles. The summed E-state index contributed by atoms with van der Waals surface area (Å²) >= 11 is 3.51. The quantitative estimate of drug-likeness (QED) is 0.724. The van der Waals surface area contributed by atoms with Crippen molar-refractivity contribution in [2.24, 2.45) is 11.8 Å². The van der Waals surface area contributed by atoms with Gasteiger partial charge in [-0.1, -0.05) is 15.9 Å². The minimum Gasteiger partial charge on any atom is -0.272 e. The third-order valence-corrected chi connectivity index (χ3v) is 5.89. The van der Waals surface area contributed by atoms with E-state index >= 15 is 0 Å². The molecule has 1 aromatic carbocycles. The molecule has 3 rings (SSSR count). The Morgan fingerprint density at radius 3 is 2.71 bits per heavy atom. The van der Waals surface area contributed by atoms with Gasteiger partial charge in [-0.3, -0.25) is 9.63 Å². The fraction of sp³-hybridized carbons (Fsp3) is 0.556. The molecule has 6 heteroatoms. The molecule has 2 aliphatic rings. The summed E-state index contributed by atoms with van der Waals surface area (Å²) < 4.78 is 13.7. The van der Waals surface area contributed by atoms with Gasteiger partial charge in [-0.05, 0) is 55.4 Å². The first-order valence-electron chi connectivity index (χ1n) is 8.35. The average molecular weight is 395 g/mol. The summed E-state index contributed by atoms with van der Waals surface area (Å²) in [7, 11) is 0. The molecule has 1 saturated carbocycles. The highest BCUT2D eigenvalue weighted by atomic mass is 79.9. The number of nitriles is 1. The lowest BCUT2D eigenvalue weighted by atomic mass is 9.82. The van der Waals surface area contributed by atoms with Gasteiger partial charge in [0.15, 0.2) is 0 Å². The molecular weight excluding hydrogens is 375 g/mol. The smallest absolute Gasteiger partial charge is 0.249 e. The molecule has 0 spiro atoms. The second-order valence-electron chi connectivity index (χ2n) is 6.56. The summed E-state index contributed by atoms with van der Waals surface area (Å²) in [6.45, 7) is 0.436. The fourth-order valence-corrected chi connectivity index (χ4v) is 4.25. The Kier molecular flexibility index (Phi) is 5.52. The van der Waals surface area contributed by atoms with Crippen molar-refractivity contribution in [3.63, 3.8) is 0 Å². The predicted octanol–water partition coefficient (Wildman–Crippen LogP) is 4.10. The van der Waals surface area contributed by atoms with E-state index in [-0.39, 0.29) is 23.4 Å². The van der Waals surface area contributed by atoms with Crippen LogP contribution in [0.4, 0.5) is 4.39 Å². The van der Waals surface area contributed by atoms with E-state index in [9.17, 15) is 9.18 Å². The lowest BCUT2D eigenvalue weighted by molar-refractivity contribution is -0.183. The maximum atomic E-state index is 13.7. The van der Waals surface area contributed by atoms with E-state index in [1.54, 1.807) is 6.07 Å². The van der Waals surface area contributed by atoms with Crippen LogP contribution in [0.15, 0.2) is 18.2 Å². The summed E-state index contributed by atoms with van der Waals surface area (Å²) in [5, 5.41) is 11.4. The van der Waals surface area contributed by atoms with Crippen molar-refractivity contribution in [2.75, 3.05) is 11.9 Å². The Morgan fingerprint density at radius 2 is 2.04 bits per heavy atom. The highest BCUT2D eigenvalue weighted by Gasteiger charge is 2.37. The third kappa shape index (κ3) is 3.62. The summed E-state index contributed by atoms with van der Waals surface area (Å²) in [6.07, 6.45) is 4.44. The van der Waals surface area contributed by atoms with Crippen molar-refractivity contribution >= 4 is 21.8 Å². The largest absolute Gasteiger partial charge is 0.272 e. The molecule has 1 aromatic rings. The number of carbonyl (C=O) groups is 1. The van der Waals surface area contributed by atoms with Crippen LogP contribution in [0, 0.1) is 29.0 Å². The Hall–Kier alpha value is -1.45. The molecule has 2 fully saturated rings. The Bertz CT molecular complexity index is 653. The fourth-order valence-electron chi connectivity index (χ4n) is 3.60. The molecule has 0 N–H and O–H groups in total. The molecule has 4 nitrogen and oxygen atoms in total. The van der Waals surface area contributed by atoms with E-state index in [1.807, 2.05) is 6.07 Å². The molecular formula is C18H20BrFN2O2. The average Bonchev–Trinajstić information content (AvgIpc) is 3.10. The molecule has 0 radical (unpaired) electrons. The topological polar surface area (TPSA) is 53.3 Å². The monoisotopic (exact) mass is 394 g/mol. The SMILES string of the molecule is N#Cc1cc(F)cc([C@@H]2CCON2C(=O)[C@H]2CC[C@H](CBr)CC2)c1. The second-order valence-corrected chi connectivity index (χ2v) is 7.21. The summed E-state index contributed by atoms with van der Waals surface area (Å²) in [5.41, 5.74) is 0.897. The van der Waals surface area contributed by atoms with Crippen molar-refractivity contribution in [3.8, 4) is 6.07 Å². The summed E-state index contributed by atoms with van der Waals surface area (Å²) in [4.78, 5) is 18.4. The van der Waals surface area contributed by atoms with Crippen LogP contribution < -0.4 is 0 Å². The highest BCUT2D eigenvalue weighted by Crippen LogP contribution is 2.36. The number of nitrogens with zero attached hydrogens (tertiary/aromatic N) is 2. The number of rotatable bonds is 3. The van der Waals surface area contributed by atoms with E-state index in [0.29, 0.717) is 24.5 Å². The predicted molar refractivity (Wildman–Crippen MR) is 90.5 cm³/mol. The van der Waals surface area contributed by atoms with Gasteiger partial charge in [0.25, 0.3) is 0 Å². The van der Waals surface area contributed by atoms with E-state index in [1.165, 1.54) is 17.2 Å². The molecule has 1 aliphatic heterocycles. The molecule has 1 amide bonds. The molecule has 24 heavy (non-hydrogen) atoms. The van der Waals surface area contributed by atoms with Crippen molar-refractivity contribution in [3.05, 3.63) is 35.1 Å². The van der Waals surface area contributed by atoms with Crippen LogP contribution in [0.2, 0.25) is 0 Å². The zero-order valence-electron chi connectivity index (χ0n) is 13.4. The van der Waals surface area contributed by atoms with E-state index in [2.05, 4.69) is 15.9 Å². The first kappa shape index (κ1) is 17.4. The Morgan fingerprint density at radius 1 is 1.29 bits per heavy atom. The minimum atomic E-state index is -0.457. The minimum absolute atomic E-state index is 0.00621. The zero-order valence-corrected chi connectivity index (χ0v) is 15.0. The standard InChI is InChI=1S/C18H20BrFN2O2/c19-10-12-1-3-14(4-2-12)18(23)22-17(5-6-24-22)15-7-13(11-21)8-16(20)9-15/h7-9,12,14,17H,1-6,10H2/t12-,14-,17-/m0/s1. The summed E-state index contributed by atoms with van der Waals surface area (Å²) in [5.74, 6) is 0.158. The number of carbonyl (C=O) groups excluding carboxylic acids is 1. The van der Waals surface area contributed by atoms with Crippen LogP contribution in [0.1, 0.15) is 49.3 Å². The van der Waals surface area contributed by atoms with Gasteiger partial charge in [0, 0.05) is 17.7 Å². The molecule has 1 saturated heterocycles.